The molecule has 0 fully saturated rings. The van der Waals surface area contributed by atoms with Gasteiger partial charge in [0.05, 0.1) is 27.8 Å². The van der Waals surface area contributed by atoms with Crippen molar-refractivity contribution in [3.05, 3.63) is 265 Å². The monoisotopic (exact) mass is 824 g/mol. The summed E-state index contributed by atoms with van der Waals surface area (Å²) < 4.78 is 2.52. The topological polar surface area (TPSA) is 8.17 Å². The number of anilines is 3. The third-order valence-corrected chi connectivity index (χ3v) is 14.4. The van der Waals surface area contributed by atoms with Crippen molar-refractivity contribution in [1.82, 2.24) is 4.57 Å². The molecule has 0 amide bonds. The molecular formula is C63H40N2. The molecule has 0 radical (unpaired) electrons. The Kier molecular flexibility index (Phi) is 7.64. The molecule has 0 N–H and O–H groups in total. The SMILES string of the molecule is c1ccc(-c2ccccc2N(c2ccc(-c3ccc4ccc5ccccc5c4c3)cc2)c2ccc3c(c2)-c2ccccc2C32c3ccccc3-n3c4ccccc4c4cccc2c43)cc1. The van der Waals surface area contributed by atoms with Crippen LogP contribution in [0.4, 0.5) is 17.1 Å². The molecule has 302 valence electrons. The minimum absolute atomic E-state index is 0.509. The molecule has 1 unspecified atom stereocenters. The summed E-state index contributed by atoms with van der Waals surface area (Å²) in [6.45, 7) is 0. The van der Waals surface area contributed by atoms with E-state index in [1.54, 1.807) is 0 Å². The molecule has 1 aromatic heterocycles. The van der Waals surface area contributed by atoms with Gasteiger partial charge >= 0.3 is 0 Å². The third-order valence-electron chi connectivity index (χ3n) is 14.4. The first-order valence-corrected chi connectivity index (χ1v) is 22.6. The smallest absolute Gasteiger partial charge is 0.0754 e. The van der Waals surface area contributed by atoms with Gasteiger partial charge in [-0.15, -0.1) is 0 Å². The molecule has 1 atom stereocenters. The summed E-state index contributed by atoms with van der Waals surface area (Å²) in [5, 5.41) is 7.64. The summed E-state index contributed by atoms with van der Waals surface area (Å²) in [6.07, 6.45) is 0. The molecule has 65 heavy (non-hydrogen) atoms. The molecule has 11 aromatic carbocycles. The van der Waals surface area contributed by atoms with Gasteiger partial charge in [-0.05, 0) is 120 Å². The van der Waals surface area contributed by atoms with Gasteiger partial charge in [0.1, 0.15) is 0 Å². The number of nitrogens with zero attached hydrogens (tertiary/aromatic N) is 2. The summed E-state index contributed by atoms with van der Waals surface area (Å²) >= 11 is 0. The van der Waals surface area contributed by atoms with Gasteiger partial charge in [-0.1, -0.05) is 194 Å². The highest BCUT2D eigenvalue weighted by atomic mass is 15.1. The van der Waals surface area contributed by atoms with E-state index in [9.17, 15) is 0 Å². The lowest BCUT2D eigenvalue weighted by Crippen LogP contribution is -2.33. The normalized spacial score (nSPS) is 14.5. The fourth-order valence-electron chi connectivity index (χ4n) is 11.6. The van der Waals surface area contributed by atoms with Crippen LogP contribution in [0.3, 0.4) is 0 Å². The lowest BCUT2D eigenvalue weighted by molar-refractivity contribution is 0.748. The van der Waals surface area contributed by atoms with Crippen LogP contribution in [0, 0.1) is 0 Å². The van der Waals surface area contributed by atoms with E-state index in [1.807, 2.05) is 0 Å². The van der Waals surface area contributed by atoms with Crippen molar-refractivity contribution in [2.45, 2.75) is 5.41 Å². The molecule has 1 aliphatic heterocycles. The Morgan fingerprint density at radius 2 is 0.938 bits per heavy atom. The Hall–Kier alpha value is -8.46. The first-order valence-electron chi connectivity index (χ1n) is 22.6. The average Bonchev–Trinajstić information content (AvgIpc) is 3.87. The van der Waals surface area contributed by atoms with Crippen LogP contribution in [0.25, 0.3) is 82.4 Å². The van der Waals surface area contributed by atoms with E-state index in [0.29, 0.717) is 0 Å². The Bertz CT molecular complexity index is 3900. The predicted octanol–water partition coefficient (Wildman–Crippen LogP) is 16.6. The minimum atomic E-state index is -0.509. The second kappa shape index (κ2) is 13.8. The second-order valence-electron chi connectivity index (χ2n) is 17.6. The van der Waals surface area contributed by atoms with Crippen LogP contribution < -0.4 is 4.90 Å². The highest BCUT2D eigenvalue weighted by molar-refractivity contribution is 6.13. The molecule has 2 heteroatoms. The molecule has 2 aliphatic rings. The molecule has 14 rings (SSSR count). The fraction of sp³-hybridized carbons (Fsp3) is 0.0159. The first kappa shape index (κ1) is 36.1. The third kappa shape index (κ3) is 5.05. The average molecular weight is 825 g/mol. The molecule has 12 aromatic rings. The number of hydrogen-bond acceptors (Lipinski definition) is 1. The van der Waals surface area contributed by atoms with Crippen molar-refractivity contribution >= 4 is 60.4 Å². The zero-order valence-electron chi connectivity index (χ0n) is 35.5. The van der Waals surface area contributed by atoms with E-state index in [4.69, 9.17) is 0 Å². The van der Waals surface area contributed by atoms with E-state index in [2.05, 4.69) is 252 Å². The zero-order valence-corrected chi connectivity index (χ0v) is 35.5. The first-order chi connectivity index (χ1) is 32.3. The van der Waals surface area contributed by atoms with E-state index < -0.39 is 5.41 Å². The Labute approximate surface area is 377 Å². The van der Waals surface area contributed by atoms with Gasteiger partial charge in [0.25, 0.3) is 0 Å². The van der Waals surface area contributed by atoms with Crippen molar-refractivity contribution in [3.8, 4) is 39.1 Å². The van der Waals surface area contributed by atoms with Crippen LogP contribution in [-0.2, 0) is 5.41 Å². The maximum Gasteiger partial charge on any atom is 0.0754 e. The molecule has 1 aliphatic carbocycles. The van der Waals surface area contributed by atoms with Crippen LogP contribution in [0.15, 0.2) is 243 Å². The Morgan fingerprint density at radius 1 is 0.323 bits per heavy atom. The van der Waals surface area contributed by atoms with Gasteiger partial charge < -0.3 is 9.47 Å². The van der Waals surface area contributed by atoms with Crippen molar-refractivity contribution in [1.29, 1.82) is 0 Å². The quantitative estimate of drug-likeness (QED) is 0.157. The van der Waals surface area contributed by atoms with Crippen LogP contribution in [0.5, 0.6) is 0 Å². The summed E-state index contributed by atoms with van der Waals surface area (Å²) in [6, 6.07) is 90.1. The van der Waals surface area contributed by atoms with Gasteiger partial charge in [0, 0.05) is 27.7 Å². The Morgan fingerprint density at radius 3 is 1.82 bits per heavy atom. The lowest BCUT2D eigenvalue weighted by atomic mass is 9.65. The van der Waals surface area contributed by atoms with Crippen LogP contribution >= 0.6 is 0 Å². The molecule has 0 saturated carbocycles. The van der Waals surface area contributed by atoms with Gasteiger partial charge in [0.2, 0.25) is 0 Å². The Balaban J connectivity index is 0.985. The standard InChI is InChI=1S/C63H40N2/c1-2-15-42(16-3-1)49-19-7-11-26-59(49)64(46-35-33-41(34-36-46)45-32-31-44-30-29-43-17-4-5-18-48(43)53(44)39-45)47-37-38-56-54(40-47)50-20-6-9-23-55(50)63(56)57-24-10-13-28-61(57)65-60-27-12-8-21-51(60)52-22-14-25-58(63)62(52)65/h1-40H. The van der Waals surface area contributed by atoms with E-state index in [1.165, 1.54) is 105 Å². The number of benzene rings is 11. The number of para-hydroxylation sites is 4. The highest BCUT2D eigenvalue weighted by Gasteiger charge is 2.50. The van der Waals surface area contributed by atoms with Gasteiger partial charge in [-0.25, -0.2) is 0 Å². The number of aromatic nitrogens is 1. The van der Waals surface area contributed by atoms with E-state index in [-0.39, 0.29) is 0 Å². The number of hydrogen-bond donors (Lipinski definition) is 0. The van der Waals surface area contributed by atoms with Crippen molar-refractivity contribution in [2.75, 3.05) is 4.90 Å². The zero-order chi connectivity index (χ0) is 42.6. The summed E-state index contributed by atoms with van der Waals surface area (Å²) in [5.74, 6) is 0. The molecule has 2 heterocycles. The van der Waals surface area contributed by atoms with Gasteiger partial charge in [0.15, 0.2) is 0 Å². The maximum atomic E-state index is 2.52. The van der Waals surface area contributed by atoms with Crippen molar-refractivity contribution in [3.63, 3.8) is 0 Å². The molecule has 2 nitrogen and oxygen atoms in total. The maximum absolute atomic E-state index is 2.52. The fourth-order valence-corrected chi connectivity index (χ4v) is 11.6. The molecular weight excluding hydrogens is 785 g/mol. The summed E-state index contributed by atoms with van der Waals surface area (Å²) in [4.78, 5) is 2.46. The predicted molar refractivity (Wildman–Crippen MR) is 272 cm³/mol. The highest BCUT2D eigenvalue weighted by Crippen LogP contribution is 2.61. The second-order valence-corrected chi connectivity index (χ2v) is 17.6. The van der Waals surface area contributed by atoms with Crippen LogP contribution in [0.1, 0.15) is 22.3 Å². The van der Waals surface area contributed by atoms with Crippen molar-refractivity contribution < 1.29 is 0 Å². The van der Waals surface area contributed by atoms with Gasteiger partial charge in [-0.2, -0.15) is 0 Å². The van der Waals surface area contributed by atoms with Crippen LogP contribution in [0.2, 0.25) is 0 Å². The minimum Gasteiger partial charge on any atom is -0.310 e. The number of rotatable bonds is 5. The van der Waals surface area contributed by atoms with Gasteiger partial charge in [-0.3, -0.25) is 0 Å². The molecule has 0 bridgehead atoms. The lowest BCUT2D eigenvalue weighted by Gasteiger charge is -2.39. The summed E-state index contributed by atoms with van der Waals surface area (Å²) in [7, 11) is 0. The summed E-state index contributed by atoms with van der Waals surface area (Å²) in [5.41, 5.74) is 19.2. The molecule has 1 spiro atoms. The van der Waals surface area contributed by atoms with E-state index in [0.717, 1.165) is 17.1 Å². The van der Waals surface area contributed by atoms with E-state index >= 15 is 0 Å². The number of fused-ring (bicyclic) bond motifs is 15. The van der Waals surface area contributed by atoms with Crippen LogP contribution in [-0.4, -0.2) is 4.57 Å². The molecule has 0 saturated heterocycles. The van der Waals surface area contributed by atoms with Crippen molar-refractivity contribution in [2.24, 2.45) is 0 Å². The largest absolute Gasteiger partial charge is 0.310 e.